The van der Waals surface area contributed by atoms with Crippen LogP contribution in [0.15, 0.2) is 6.20 Å². The first-order valence-electron chi connectivity index (χ1n) is 6.57. The Kier molecular flexibility index (Phi) is 7.10. The van der Waals surface area contributed by atoms with Crippen LogP contribution in [0.25, 0.3) is 0 Å². The number of aromatic amines is 1. The van der Waals surface area contributed by atoms with Crippen molar-refractivity contribution in [2.75, 3.05) is 19.8 Å². The molecule has 0 atom stereocenters. The summed E-state index contributed by atoms with van der Waals surface area (Å²) >= 11 is 0. The third-order valence-electron chi connectivity index (χ3n) is 2.78. The second kappa shape index (κ2) is 8.69. The van der Waals surface area contributed by atoms with Crippen molar-refractivity contribution in [1.29, 1.82) is 0 Å². The maximum absolute atomic E-state index is 11.4. The van der Waals surface area contributed by atoms with Gasteiger partial charge in [-0.05, 0) is 38.7 Å². The van der Waals surface area contributed by atoms with Crippen molar-refractivity contribution in [1.82, 2.24) is 15.5 Å². The first kappa shape index (κ1) is 14.7. The van der Waals surface area contributed by atoms with Gasteiger partial charge in [0.2, 0.25) is 5.91 Å². The number of aromatic nitrogens is 2. The van der Waals surface area contributed by atoms with Crippen LogP contribution in [0.4, 0.5) is 0 Å². The van der Waals surface area contributed by atoms with Crippen LogP contribution in [-0.2, 0) is 16.0 Å². The minimum Gasteiger partial charge on any atom is -0.382 e. The zero-order valence-electron chi connectivity index (χ0n) is 11.3. The average molecular weight is 253 g/mol. The molecule has 0 unspecified atom stereocenters. The quantitative estimate of drug-likeness (QED) is 0.657. The number of rotatable bonds is 9. The number of ether oxygens (including phenoxy) is 1. The summed E-state index contributed by atoms with van der Waals surface area (Å²) < 4.78 is 5.18. The lowest BCUT2D eigenvalue weighted by molar-refractivity contribution is -0.121. The van der Waals surface area contributed by atoms with Crippen LogP contribution < -0.4 is 5.32 Å². The summed E-state index contributed by atoms with van der Waals surface area (Å²) in [5.74, 6) is 0.110. The summed E-state index contributed by atoms with van der Waals surface area (Å²) in [7, 11) is 0. The van der Waals surface area contributed by atoms with Crippen LogP contribution in [0, 0.1) is 6.92 Å². The van der Waals surface area contributed by atoms with Gasteiger partial charge in [0.25, 0.3) is 0 Å². The van der Waals surface area contributed by atoms with Gasteiger partial charge in [0.05, 0.1) is 6.20 Å². The summed E-state index contributed by atoms with van der Waals surface area (Å²) in [6.45, 7) is 6.06. The second-order valence-corrected chi connectivity index (χ2v) is 4.27. The molecule has 0 saturated carbocycles. The van der Waals surface area contributed by atoms with Crippen molar-refractivity contribution in [3.05, 3.63) is 17.5 Å². The van der Waals surface area contributed by atoms with Crippen LogP contribution in [0.1, 0.15) is 37.4 Å². The summed E-state index contributed by atoms with van der Waals surface area (Å²) in [5, 5.41) is 9.79. The Labute approximate surface area is 108 Å². The van der Waals surface area contributed by atoms with Gasteiger partial charge in [-0.1, -0.05) is 0 Å². The van der Waals surface area contributed by atoms with Crippen molar-refractivity contribution in [3.63, 3.8) is 0 Å². The Morgan fingerprint density at radius 1 is 1.50 bits per heavy atom. The molecular formula is C13H23N3O2. The van der Waals surface area contributed by atoms with Crippen molar-refractivity contribution in [2.24, 2.45) is 0 Å². The van der Waals surface area contributed by atoms with Crippen molar-refractivity contribution in [2.45, 2.75) is 39.5 Å². The second-order valence-electron chi connectivity index (χ2n) is 4.27. The van der Waals surface area contributed by atoms with E-state index in [1.54, 1.807) is 0 Å². The first-order valence-corrected chi connectivity index (χ1v) is 6.57. The summed E-state index contributed by atoms with van der Waals surface area (Å²) in [6.07, 6.45) is 5.07. The largest absolute Gasteiger partial charge is 0.382 e. The maximum Gasteiger partial charge on any atom is 0.220 e. The fourth-order valence-corrected chi connectivity index (χ4v) is 1.70. The molecule has 0 saturated heterocycles. The highest BCUT2D eigenvalue weighted by Crippen LogP contribution is 2.05. The lowest BCUT2D eigenvalue weighted by Crippen LogP contribution is -2.24. The van der Waals surface area contributed by atoms with E-state index in [0.29, 0.717) is 19.6 Å². The predicted molar refractivity (Wildman–Crippen MR) is 70.4 cm³/mol. The Bertz CT molecular complexity index is 350. The van der Waals surface area contributed by atoms with Crippen molar-refractivity contribution >= 4 is 5.91 Å². The van der Waals surface area contributed by atoms with Gasteiger partial charge in [0, 0.05) is 31.9 Å². The third-order valence-corrected chi connectivity index (χ3v) is 2.78. The van der Waals surface area contributed by atoms with Gasteiger partial charge in [-0.3, -0.25) is 9.89 Å². The topological polar surface area (TPSA) is 67.0 Å². The Morgan fingerprint density at radius 2 is 2.33 bits per heavy atom. The van der Waals surface area contributed by atoms with Crippen molar-refractivity contribution < 1.29 is 9.53 Å². The predicted octanol–water partition coefficient (Wildman–Crippen LogP) is 1.58. The number of hydrogen-bond donors (Lipinski definition) is 2. The number of amides is 1. The highest BCUT2D eigenvalue weighted by Gasteiger charge is 2.02. The van der Waals surface area contributed by atoms with Gasteiger partial charge in [-0.25, -0.2) is 0 Å². The maximum atomic E-state index is 11.4. The first-order chi connectivity index (χ1) is 8.74. The molecular weight excluding hydrogens is 230 g/mol. The Balaban J connectivity index is 2.00. The third kappa shape index (κ3) is 5.82. The van der Waals surface area contributed by atoms with Gasteiger partial charge >= 0.3 is 0 Å². The molecule has 102 valence electrons. The number of aryl methyl sites for hydroxylation is 2. The Hall–Kier alpha value is -1.36. The number of nitrogens with zero attached hydrogens (tertiary/aromatic N) is 1. The summed E-state index contributed by atoms with van der Waals surface area (Å²) in [5.41, 5.74) is 2.33. The number of H-pyrrole nitrogens is 1. The minimum absolute atomic E-state index is 0.110. The van der Waals surface area contributed by atoms with E-state index >= 15 is 0 Å². The lowest BCUT2D eigenvalue weighted by Gasteiger charge is -2.05. The van der Waals surface area contributed by atoms with E-state index in [4.69, 9.17) is 4.74 Å². The van der Waals surface area contributed by atoms with Gasteiger partial charge in [0.15, 0.2) is 0 Å². The molecule has 0 fully saturated rings. The van der Waals surface area contributed by atoms with E-state index in [9.17, 15) is 4.79 Å². The molecule has 2 N–H and O–H groups in total. The van der Waals surface area contributed by atoms with Crippen LogP contribution in [-0.4, -0.2) is 35.9 Å². The number of nitrogens with one attached hydrogen (secondary N) is 2. The van der Waals surface area contributed by atoms with E-state index in [1.165, 1.54) is 5.56 Å². The molecule has 18 heavy (non-hydrogen) atoms. The Morgan fingerprint density at radius 3 is 3.00 bits per heavy atom. The van der Waals surface area contributed by atoms with Gasteiger partial charge < -0.3 is 10.1 Å². The number of hydrogen-bond acceptors (Lipinski definition) is 3. The monoisotopic (exact) mass is 253 g/mol. The summed E-state index contributed by atoms with van der Waals surface area (Å²) in [6, 6.07) is 0. The van der Waals surface area contributed by atoms with E-state index in [2.05, 4.69) is 15.5 Å². The normalized spacial score (nSPS) is 10.6. The minimum atomic E-state index is 0.110. The van der Waals surface area contributed by atoms with E-state index < -0.39 is 0 Å². The molecule has 1 amide bonds. The van der Waals surface area contributed by atoms with Crippen molar-refractivity contribution in [3.8, 4) is 0 Å². The van der Waals surface area contributed by atoms with Crippen LogP contribution in [0.3, 0.4) is 0 Å². The molecule has 0 spiro atoms. The molecule has 1 aromatic heterocycles. The zero-order valence-corrected chi connectivity index (χ0v) is 11.3. The van der Waals surface area contributed by atoms with Crippen LogP contribution in [0.2, 0.25) is 0 Å². The van der Waals surface area contributed by atoms with Crippen LogP contribution >= 0.6 is 0 Å². The molecule has 1 heterocycles. The molecule has 1 rings (SSSR count). The molecule has 0 aliphatic carbocycles. The highest BCUT2D eigenvalue weighted by molar-refractivity contribution is 5.75. The van der Waals surface area contributed by atoms with E-state index in [0.717, 1.165) is 31.5 Å². The SMILES string of the molecule is CCOCCCC(=O)NCCCc1cn[nH]c1C. The fraction of sp³-hybridized carbons (Fsp3) is 0.692. The average Bonchev–Trinajstić information content (AvgIpc) is 2.76. The van der Waals surface area contributed by atoms with Gasteiger partial charge in [-0.2, -0.15) is 5.10 Å². The molecule has 1 aromatic rings. The van der Waals surface area contributed by atoms with E-state index in [-0.39, 0.29) is 5.91 Å². The molecule has 0 aromatic carbocycles. The molecule has 0 radical (unpaired) electrons. The number of carbonyl (C=O) groups excluding carboxylic acids is 1. The summed E-state index contributed by atoms with van der Waals surface area (Å²) in [4.78, 5) is 11.4. The fourth-order valence-electron chi connectivity index (χ4n) is 1.70. The van der Waals surface area contributed by atoms with Gasteiger partial charge in [-0.15, -0.1) is 0 Å². The number of carbonyl (C=O) groups is 1. The lowest BCUT2D eigenvalue weighted by atomic mass is 10.1. The van der Waals surface area contributed by atoms with E-state index in [1.807, 2.05) is 20.0 Å². The molecule has 0 bridgehead atoms. The highest BCUT2D eigenvalue weighted by atomic mass is 16.5. The van der Waals surface area contributed by atoms with Gasteiger partial charge in [0.1, 0.15) is 0 Å². The molecule has 0 aliphatic rings. The van der Waals surface area contributed by atoms with Crippen LogP contribution in [0.5, 0.6) is 0 Å². The molecule has 5 heteroatoms. The smallest absolute Gasteiger partial charge is 0.220 e. The molecule has 5 nitrogen and oxygen atoms in total. The zero-order chi connectivity index (χ0) is 13.2. The molecule has 0 aliphatic heterocycles. The standard InChI is InChI=1S/C13H23N3O2/c1-3-18-9-5-7-13(17)14-8-4-6-12-10-15-16-11(12)2/h10H,3-9H2,1-2H3,(H,14,17)(H,15,16).